The normalized spacial score (nSPS) is 20.1. The summed E-state index contributed by atoms with van der Waals surface area (Å²) in [4.78, 5) is 21.7. The lowest BCUT2D eigenvalue weighted by atomic mass is 9.81. The van der Waals surface area contributed by atoms with Gasteiger partial charge in [0.25, 0.3) is 5.91 Å². The van der Waals surface area contributed by atoms with Gasteiger partial charge in [-0.1, -0.05) is 0 Å². The number of carbonyl (C=O) groups is 1. The predicted molar refractivity (Wildman–Crippen MR) is 136 cm³/mol. The summed E-state index contributed by atoms with van der Waals surface area (Å²) in [5, 5.41) is 28.3. The zero-order valence-electron chi connectivity index (χ0n) is 20.0. The van der Waals surface area contributed by atoms with Gasteiger partial charge >= 0.3 is 0 Å². The molecule has 1 fully saturated rings. The Morgan fingerprint density at radius 1 is 1.22 bits per heavy atom. The SMILES string of the molecule is Cc1cc(-c2n[nH]c3ccc(C(=O)N[C@@H]4CCC[C@@](O)(Cn5cc6cccnc6n5)C4)cc23)ccn1. The largest absolute Gasteiger partial charge is 0.388 e. The molecule has 0 saturated heterocycles. The van der Waals surface area contributed by atoms with E-state index in [0.29, 0.717) is 30.6 Å². The molecule has 9 nitrogen and oxygen atoms in total. The van der Waals surface area contributed by atoms with Gasteiger partial charge < -0.3 is 10.4 Å². The lowest BCUT2D eigenvalue weighted by Gasteiger charge is -2.37. The second kappa shape index (κ2) is 8.83. The van der Waals surface area contributed by atoms with E-state index in [0.717, 1.165) is 46.1 Å². The standard InChI is InChI=1S/C27H27N7O2/c1-17-12-18(8-11-28-17)24-22-13-19(6-7-23(22)31-32-24)26(35)30-21-5-2-9-27(36,14-21)16-34-15-20-4-3-10-29-25(20)33-34/h3-4,6-8,10-13,15,21,36H,2,5,9,14,16H2,1H3,(H,30,35)(H,31,32)/t21-,27+/m1/s1. The van der Waals surface area contributed by atoms with Gasteiger partial charge in [0.15, 0.2) is 5.65 Å². The summed E-state index contributed by atoms with van der Waals surface area (Å²) in [6.07, 6.45) is 8.16. The molecule has 0 unspecified atom stereocenters. The number of amides is 1. The van der Waals surface area contributed by atoms with Crippen molar-refractivity contribution in [2.45, 2.75) is 50.8 Å². The van der Waals surface area contributed by atoms with Gasteiger partial charge in [-0.2, -0.15) is 10.2 Å². The summed E-state index contributed by atoms with van der Waals surface area (Å²) in [6, 6.07) is 13.1. The minimum atomic E-state index is -0.945. The van der Waals surface area contributed by atoms with Crippen LogP contribution in [0.5, 0.6) is 0 Å². The molecule has 0 spiro atoms. The fourth-order valence-electron chi connectivity index (χ4n) is 5.23. The van der Waals surface area contributed by atoms with Crippen molar-refractivity contribution < 1.29 is 9.90 Å². The molecule has 5 aromatic rings. The van der Waals surface area contributed by atoms with Crippen LogP contribution in [0.4, 0.5) is 0 Å². The van der Waals surface area contributed by atoms with Crippen molar-refractivity contribution in [3.05, 3.63) is 72.3 Å². The number of rotatable bonds is 5. The van der Waals surface area contributed by atoms with Crippen LogP contribution in [0.15, 0.2) is 61.1 Å². The maximum atomic E-state index is 13.2. The Hall–Kier alpha value is -4.11. The zero-order valence-corrected chi connectivity index (χ0v) is 20.0. The third kappa shape index (κ3) is 4.33. The van der Waals surface area contributed by atoms with E-state index in [2.05, 4.69) is 30.6 Å². The number of aromatic amines is 1. The average Bonchev–Trinajstić information content (AvgIpc) is 3.46. The molecule has 4 aromatic heterocycles. The van der Waals surface area contributed by atoms with E-state index in [-0.39, 0.29) is 11.9 Å². The van der Waals surface area contributed by atoms with Crippen LogP contribution in [0.1, 0.15) is 41.7 Å². The molecule has 182 valence electrons. The smallest absolute Gasteiger partial charge is 0.251 e. The Kier molecular flexibility index (Phi) is 5.49. The van der Waals surface area contributed by atoms with Crippen LogP contribution in [0.3, 0.4) is 0 Å². The lowest BCUT2D eigenvalue weighted by Crippen LogP contribution is -2.47. The maximum Gasteiger partial charge on any atom is 0.251 e. The van der Waals surface area contributed by atoms with Crippen LogP contribution in [-0.4, -0.2) is 52.6 Å². The fourth-order valence-corrected chi connectivity index (χ4v) is 5.23. The lowest BCUT2D eigenvalue weighted by molar-refractivity contribution is -0.0235. The molecule has 1 aliphatic rings. The molecule has 2 atom stereocenters. The molecular formula is C27H27N7O2. The van der Waals surface area contributed by atoms with Crippen LogP contribution in [0.25, 0.3) is 33.2 Å². The Labute approximate surface area is 207 Å². The molecule has 1 amide bonds. The Bertz CT molecular complexity index is 1540. The Morgan fingerprint density at radius 2 is 2.14 bits per heavy atom. The summed E-state index contributed by atoms with van der Waals surface area (Å²) in [6.45, 7) is 2.31. The highest BCUT2D eigenvalue weighted by molar-refractivity contribution is 6.01. The number of carbonyl (C=O) groups excluding carboxylic acids is 1. The average molecular weight is 482 g/mol. The van der Waals surface area contributed by atoms with Crippen molar-refractivity contribution in [2.75, 3.05) is 0 Å². The van der Waals surface area contributed by atoms with Crippen molar-refractivity contribution in [2.24, 2.45) is 0 Å². The Morgan fingerprint density at radius 3 is 3.00 bits per heavy atom. The molecule has 4 heterocycles. The van der Waals surface area contributed by atoms with Crippen LogP contribution in [0, 0.1) is 6.92 Å². The maximum absolute atomic E-state index is 13.2. The first-order valence-electron chi connectivity index (χ1n) is 12.2. The van der Waals surface area contributed by atoms with Crippen LogP contribution in [0.2, 0.25) is 0 Å². The number of hydrogen-bond donors (Lipinski definition) is 3. The number of pyridine rings is 2. The van der Waals surface area contributed by atoms with E-state index in [4.69, 9.17) is 0 Å². The monoisotopic (exact) mass is 481 g/mol. The first-order valence-corrected chi connectivity index (χ1v) is 12.2. The number of hydrogen-bond acceptors (Lipinski definition) is 6. The minimum Gasteiger partial charge on any atom is -0.388 e. The molecule has 0 radical (unpaired) electrons. The third-order valence-corrected chi connectivity index (χ3v) is 6.94. The molecule has 1 aliphatic carbocycles. The van der Waals surface area contributed by atoms with E-state index >= 15 is 0 Å². The first kappa shape index (κ1) is 22.4. The van der Waals surface area contributed by atoms with Crippen molar-refractivity contribution in [3.63, 3.8) is 0 Å². The van der Waals surface area contributed by atoms with Gasteiger partial charge in [0.1, 0.15) is 5.69 Å². The molecular weight excluding hydrogens is 454 g/mol. The molecule has 1 saturated carbocycles. The zero-order chi connectivity index (χ0) is 24.7. The fraction of sp³-hybridized carbons (Fsp3) is 0.296. The predicted octanol–water partition coefficient (Wildman–Crippen LogP) is 3.78. The van der Waals surface area contributed by atoms with Gasteiger partial charge in [-0.25, -0.2) is 4.98 Å². The van der Waals surface area contributed by atoms with Crippen LogP contribution in [-0.2, 0) is 6.54 Å². The second-order valence-corrected chi connectivity index (χ2v) is 9.75. The summed E-state index contributed by atoms with van der Waals surface area (Å²) in [5.41, 5.74) is 3.79. The van der Waals surface area contributed by atoms with Gasteiger partial charge in [-0.3, -0.25) is 19.6 Å². The second-order valence-electron chi connectivity index (χ2n) is 9.75. The molecule has 36 heavy (non-hydrogen) atoms. The summed E-state index contributed by atoms with van der Waals surface area (Å²) in [7, 11) is 0. The number of fused-ring (bicyclic) bond motifs is 2. The number of aromatic nitrogens is 6. The van der Waals surface area contributed by atoms with Gasteiger partial charge in [0.05, 0.1) is 17.7 Å². The van der Waals surface area contributed by atoms with Crippen LogP contribution < -0.4 is 5.32 Å². The summed E-state index contributed by atoms with van der Waals surface area (Å²) < 4.78 is 1.76. The first-order chi connectivity index (χ1) is 17.5. The molecule has 0 bridgehead atoms. The number of H-pyrrole nitrogens is 1. The van der Waals surface area contributed by atoms with E-state index in [9.17, 15) is 9.90 Å². The topological polar surface area (TPSA) is 122 Å². The summed E-state index contributed by atoms with van der Waals surface area (Å²) in [5.74, 6) is -0.154. The van der Waals surface area contributed by atoms with E-state index < -0.39 is 5.60 Å². The van der Waals surface area contributed by atoms with E-state index in [1.165, 1.54) is 0 Å². The number of nitrogens with one attached hydrogen (secondary N) is 2. The third-order valence-electron chi connectivity index (χ3n) is 6.94. The molecule has 3 N–H and O–H groups in total. The highest BCUT2D eigenvalue weighted by atomic mass is 16.3. The minimum absolute atomic E-state index is 0.123. The Balaban J connectivity index is 1.18. The van der Waals surface area contributed by atoms with E-state index in [1.807, 2.05) is 49.5 Å². The molecule has 6 rings (SSSR count). The van der Waals surface area contributed by atoms with Crippen molar-refractivity contribution in [1.29, 1.82) is 0 Å². The van der Waals surface area contributed by atoms with E-state index in [1.54, 1.807) is 23.1 Å². The van der Waals surface area contributed by atoms with Crippen molar-refractivity contribution in [1.82, 2.24) is 35.3 Å². The summed E-state index contributed by atoms with van der Waals surface area (Å²) >= 11 is 0. The highest BCUT2D eigenvalue weighted by Gasteiger charge is 2.36. The van der Waals surface area contributed by atoms with Crippen LogP contribution >= 0.6 is 0 Å². The quantitative estimate of drug-likeness (QED) is 0.351. The number of nitrogens with zero attached hydrogens (tertiary/aromatic N) is 5. The van der Waals surface area contributed by atoms with Crippen molar-refractivity contribution in [3.8, 4) is 11.3 Å². The van der Waals surface area contributed by atoms with Crippen molar-refractivity contribution >= 4 is 27.8 Å². The number of aryl methyl sites for hydroxylation is 1. The molecule has 1 aromatic carbocycles. The number of benzene rings is 1. The molecule has 9 heteroatoms. The number of aliphatic hydroxyl groups is 1. The van der Waals surface area contributed by atoms with Gasteiger partial charge in [0, 0.05) is 52.2 Å². The van der Waals surface area contributed by atoms with Gasteiger partial charge in [-0.05, 0) is 75.1 Å². The van der Waals surface area contributed by atoms with Gasteiger partial charge in [0.2, 0.25) is 0 Å². The van der Waals surface area contributed by atoms with Gasteiger partial charge in [-0.15, -0.1) is 0 Å². The molecule has 0 aliphatic heterocycles. The highest BCUT2D eigenvalue weighted by Crippen LogP contribution is 2.31.